The van der Waals surface area contributed by atoms with Crippen molar-refractivity contribution in [2.45, 2.75) is 46.3 Å². The summed E-state index contributed by atoms with van der Waals surface area (Å²) in [4.78, 5) is 17.8. The van der Waals surface area contributed by atoms with Gasteiger partial charge in [-0.1, -0.05) is 53.7 Å². The van der Waals surface area contributed by atoms with Crippen LogP contribution in [0.5, 0.6) is 0 Å². The van der Waals surface area contributed by atoms with Crippen LogP contribution in [0.2, 0.25) is 0 Å². The molecule has 0 saturated carbocycles. The van der Waals surface area contributed by atoms with Crippen LogP contribution in [-0.2, 0) is 11.3 Å². The zero-order valence-electron chi connectivity index (χ0n) is 19.8. The van der Waals surface area contributed by atoms with E-state index in [2.05, 4.69) is 23.9 Å². The Balaban J connectivity index is 1.74. The van der Waals surface area contributed by atoms with Crippen molar-refractivity contribution in [3.05, 3.63) is 71.3 Å². The van der Waals surface area contributed by atoms with Crippen LogP contribution < -0.4 is 4.90 Å². The second-order valence-corrected chi connectivity index (χ2v) is 8.49. The lowest BCUT2D eigenvalue weighted by atomic mass is 10.0. The Morgan fingerprint density at radius 3 is 2.45 bits per heavy atom. The van der Waals surface area contributed by atoms with E-state index in [1.54, 1.807) is 0 Å². The standard InChI is InChI=1S/C27H33N3O3/c1-4-29(5-2)27-24(25(28-33-27)21-13-7-6-8-14-21)19-30(18-22-15-11-17-32-22)26(31)23-16-10-9-12-20(23)3/h6-10,12-14,16,22H,4-5,11,15,17-19H2,1-3H3. The highest BCUT2D eigenvalue weighted by atomic mass is 16.5. The van der Waals surface area contributed by atoms with E-state index in [9.17, 15) is 4.79 Å². The van der Waals surface area contributed by atoms with Gasteiger partial charge in [0, 0.05) is 37.4 Å². The first-order valence-corrected chi connectivity index (χ1v) is 11.9. The molecule has 6 nitrogen and oxygen atoms in total. The Bertz CT molecular complexity index is 1050. The summed E-state index contributed by atoms with van der Waals surface area (Å²) >= 11 is 0. The van der Waals surface area contributed by atoms with Crippen molar-refractivity contribution in [1.82, 2.24) is 10.1 Å². The molecular formula is C27H33N3O3. The number of benzene rings is 2. The number of nitrogens with zero attached hydrogens (tertiary/aromatic N) is 3. The summed E-state index contributed by atoms with van der Waals surface area (Å²) in [5.74, 6) is 0.739. The molecule has 1 aliphatic heterocycles. The third-order valence-electron chi connectivity index (χ3n) is 6.32. The van der Waals surface area contributed by atoms with Gasteiger partial charge < -0.3 is 19.1 Å². The number of hydrogen-bond donors (Lipinski definition) is 0. The number of rotatable bonds is 9. The van der Waals surface area contributed by atoms with E-state index in [1.807, 2.05) is 66.4 Å². The molecule has 0 bridgehead atoms. The van der Waals surface area contributed by atoms with Crippen molar-refractivity contribution in [1.29, 1.82) is 0 Å². The fourth-order valence-corrected chi connectivity index (χ4v) is 4.45. The number of aryl methyl sites for hydroxylation is 1. The highest BCUT2D eigenvalue weighted by Crippen LogP contribution is 2.33. The van der Waals surface area contributed by atoms with Crippen LogP contribution in [-0.4, -0.2) is 48.3 Å². The number of aromatic nitrogens is 1. The van der Waals surface area contributed by atoms with E-state index >= 15 is 0 Å². The third-order valence-corrected chi connectivity index (χ3v) is 6.32. The first kappa shape index (κ1) is 23.1. The van der Waals surface area contributed by atoms with Gasteiger partial charge in [-0.05, 0) is 45.2 Å². The summed E-state index contributed by atoms with van der Waals surface area (Å²) < 4.78 is 11.8. The van der Waals surface area contributed by atoms with Crippen LogP contribution in [0.15, 0.2) is 59.1 Å². The minimum Gasteiger partial charge on any atom is -0.376 e. The highest BCUT2D eigenvalue weighted by Gasteiger charge is 2.29. The van der Waals surface area contributed by atoms with Crippen LogP contribution in [0.1, 0.15) is 48.2 Å². The van der Waals surface area contributed by atoms with Crippen molar-refractivity contribution < 1.29 is 14.1 Å². The largest absolute Gasteiger partial charge is 0.376 e. The molecule has 6 heteroatoms. The molecule has 0 spiro atoms. The Hall–Kier alpha value is -3.12. The summed E-state index contributed by atoms with van der Waals surface area (Å²) in [6.07, 6.45) is 2.05. The molecule has 1 atom stereocenters. The molecule has 2 heterocycles. The van der Waals surface area contributed by atoms with Crippen LogP contribution >= 0.6 is 0 Å². The van der Waals surface area contributed by atoms with Gasteiger partial charge in [-0.15, -0.1) is 0 Å². The van der Waals surface area contributed by atoms with Crippen LogP contribution in [0, 0.1) is 6.92 Å². The van der Waals surface area contributed by atoms with E-state index in [1.165, 1.54) is 0 Å². The average molecular weight is 448 g/mol. The molecule has 1 aliphatic rings. The molecule has 1 aromatic heterocycles. The Morgan fingerprint density at radius 1 is 1.06 bits per heavy atom. The van der Waals surface area contributed by atoms with Gasteiger partial charge in [0.15, 0.2) is 0 Å². The lowest BCUT2D eigenvalue weighted by molar-refractivity contribution is 0.0507. The van der Waals surface area contributed by atoms with Gasteiger partial charge in [-0.25, -0.2) is 0 Å². The van der Waals surface area contributed by atoms with E-state index in [0.29, 0.717) is 13.1 Å². The molecule has 1 saturated heterocycles. The van der Waals surface area contributed by atoms with Gasteiger partial charge in [-0.3, -0.25) is 4.79 Å². The summed E-state index contributed by atoms with van der Waals surface area (Å²) in [7, 11) is 0. The Labute approximate surface area is 196 Å². The van der Waals surface area contributed by atoms with Gasteiger partial charge in [-0.2, -0.15) is 0 Å². The number of carbonyl (C=O) groups excluding carboxylic acids is 1. The minimum atomic E-state index is 0.00862. The molecular weight excluding hydrogens is 414 g/mol. The molecule has 3 aromatic rings. The zero-order valence-corrected chi connectivity index (χ0v) is 19.8. The van der Waals surface area contributed by atoms with E-state index < -0.39 is 0 Å². The van der Waals surface area contributed by atoms with Gasteiger partial charge in [0.2, 0.25) is 5.88 Å². The molecule has 0 N–H and O–H groups in total. The molecule has 0 aliphatic carbocycles. The molecule has 2 aromatic carbocycles. The first-order chi connectivity index (χ1) is 16.1. The van der Waals surface area contributed by atoms with Crippen molar-refractivity contribution in [2.24, 2.45) is 0 Å². The fourth-order valence-electron chi connectivity index (χ4n) is 4.45. The highest BCUT2D eigenvalue weighted by molar-refractivity contribution is 5.95. The van der Waals surface area contributed by atoms with E-state index in [0.717, 1.165) is 66.4 Å². The monoisotopic (exact) mass is 447 g/mol. The predicted molar refractivity (Wildman–Crippen MR) is 130 cm³/mol. The van der Waals surface area contributed by atoms with Gasteiger partial charge in [0.25, 0.3) is 5.91 Å². The van der Waals surface area contributed by atoms with Gasteiger partial charge in [0.1, 0.15) is 5.69 Å². The molecule has 33 heavy (non-hydrogen) atoms. The quantitative estimate of drug-likeness (QED) is 0.444. The molecule has 1 fully saturated rings. The lowest BCUT2D eigenvalue weighted by Crippen LogP contribution is -2.37. The molecule has 174 valence electrons. The number of anilines is 1. The molecule has 4 rings (SSSR count). The molecule has 1 amide bonds. The van der Waals surface area contributed by atoms with Crippen molar-refractivity contribution in [2.75, 3.05) is 31.1 Å². The smallest absolute Gasteiger partial charge is 0.254 e. The lowest BCUT2D eigenvalue weighted by Gasteiger charge is -2.27. The maximum absolute atomic E-state index is 13.8. The molecule has 0 radical (unpaired) electrons. The summed E-state index contributed by atoms with van der Waals surface area (Å²) in [5.41, 5.74) is 4.39. The predicted octanol–water partition coefficient (Wildman–Crippen LogP) is 5.32. The zero-order chi connectivity index (χ0) is 23.2. The maximum atomic E-state index is 13.8. The fraction of sp³-hybridized carbons (Fsp3) is 0.407. The van der Waals surface area contributed by atoms with Crippen molar-refractivity contribution in [3.63, 3.8) is 0 Å². The van der Waals surface area contributed by atoms with E-state index in [-0.39, 0.29) is 12.0 Å². The summed E-state index contributed by atoms with van der Waals surface area (Å²) in [5, 5.41) is 4.45. The second kappa shape index (κ2) is 10.7. The van der Waals surface area contributed by atoms with Gasteiger partial charge in [0.05, 0.1) is 18.2 Å². The van der Waals surface area contributed by atoms with Crippen molar-refractivity contribution >= 4 is 11.8 Å². The van der Waals surface area contributed by atoms with Crippen LogP contribution in [0.3, 0.4) is 0 Å². The SMILES string of the molecule is CCN(CC)c1onc(-c2ccccc2)c1CN(CC1CCCO1)C(=O)c1ccccc1C. The maximum Gasteiger partial charge on any atom is 0.254 e. The number of hydrogen-bond acceptors (Lipinski definition) is 5. The Morgan fingerprint density at radius 2 is 1.79 bits per heavy atom. The van der Waals surface area contributed by atoms with Gasteiger partial charge >= 0.3 is 0 Å². The van der Waals surface area contributed by atoms with Crippen LogP contribution in [0.4, 0.5) is 5.88 Å². The number of amides is 1. The average Bonchev–Trinajstić information content (AvgIpc) is 3.50. The third kappa shape index (κ3) is 5.11. The second-order valence-electron chi connectivity index (χ2n) is 8.49. The summed E-state index contributed by atoms with van der Waals surface area (Å²) in [6.45, 7) is 9.48. The normalized spacial score (nSPS) is 15.5. The first-order valence-electron chi connectivity index (χ1n) is 11.9. The summed E-state index contributed by atoms with van der Waals surface area (Å²) in [6, 6.07) is 17.8. The number of carbonyl (C=O) groups is 1. The van der Waals surface area contributed by atoms with Crippen molar-refractivity contribution in [3.8, 4) is 11.3 Å². The molecule has 1 unspecified atom stereocenters. The Kier molecular flexibility index (Phi) is 7.45. The topological polar surface area (TPSA) is 58.8 Å². The number of ether oxygens (including phenoxy) is 1. The minimum absolute atomic E-state index is 0.00862. The van der Waals surface area contributed by atoms with E-state index in [4.69, 9.17) is 9.26 Å². The van der Waals surface area contributed by atoms with Crippen LogP contribution in [0.25, 0.3) is 11.3 Å².